The monoisotopic (exact) mass is 534 g/mol. The highest BCUT2D eigenvalue weighted by atomic mass is 35.5. The Kier molecular flexibility index (Phi) is 7.33. The van der Waals surface area contributed by atoms with Crippen LogP contribution in [0, 0.1) is 5.92 Å². The molecule has 2 aromatic rings. The van der Waals surface area contributed by atoms with E-state index in [2.05, 4.69) is 5.32 Å². The van der Waals surface area contributed by atoms with E-state index in [4.69, 9.17) is 16.3 Å². The maximum Gasteiger partial charge on any atom is 0.264 e. The SMILES string of the molecule is C[C@H](O)C(=O)Nc1cccc(CN2C(=O)[C@]3(O[C@H](CCO)[C@@H]([Si](C)(C)F)[C@@H]3C)c3cc(Cl)ccc32)c1. The molecule has 5 atom stereocenters. The number of nitrogens with zero attached hydrogens (tertiary/aromatic N) is 1. The van der Waals surface area contributed by atoms with Gasteiger partial charge in [-0.3, -0.25) is 9.59 Å². The van der Waals surface area contributed by atoms with Crippen LogP contribution in [0.1, 0.15) is 31.4 Å². The highest BCUT2D eigenvalue weighted by Gasteiger charge is 2.66. The van der Waals surface area contributed by atoms with Crippen LogP contribution in [0.3, 0.4) is 0 Å². The molecule has 2 aromatic carbocycles. The molecule has 0 aliphatic carbocycles. The average molecular weight is 535 g/mol. The van der Waals surface area contributed by atoms with Gasteiger partial charge in [0.05, 0.1) is 18.3 Å². The number of aliphatic hydroxyl groups is 2. The number of fused-ring (bicyclic) bond motifs is 2. The first-order chi connectivity index (χ1) is 16.9. The third-order valence-corrected chi connectivity index (χ3v) is 9.94. The van der Waals surface area contributed by atoms with Gasteiger partial charge in [0.25, 0.3) is 11.8 Å². The summed E-state index contributed by atoms with van der Waals surface area (Å²) >= 11 is 6.36. The molecule has 2 aliphatic heterocycles. The standard InChI is InChI=1S/C26H32ClFN2O5Si/c1-15-23(36(3,4)28)22(10-11-31)35-26(15)20-13-18(27)8-9-21(20)30(25(26)34)14-17-6-5-7-19(12-17)29-24(33)16(2)32/h5-9,12-13,15-16,22-23,31-32H,10-11,14H2,1-4H3,(H,29,33)/t15-,16-,22+,23-,26+/m0/s1. The number of hydrogen-bond donors (Lipinski definition) is 3. The predicted molar refractivity (Wildman–Crippen MR) is 139 cm³/mol. The second-order valence-electron chi connectivity index (χ2n) is 10.2. The van der Waals surface area contributed by atoms with Crippen LogP contribution in [0.4, 0.5) is 15.5 Å². The molecule has 36 heavy (non-hydrogen) atoms. The van der Waals surface area contributed by atoms with E-state index in [0.717, 1.165) is 5.56 Å². The molecule has 3 N–H and O–H groups in total. The lowest BCUT2D eigenvalue weighted by Crippen LogP contribution is -2.45. The number of carbonyl (C=O) groups is 2. The minimum Gasteiger partial charge on any atom is -0.396 e. The van der Waals surface area contributed by atoms with Crippen molar-refractivity contribution in [1.29, 1.82) is 0 Å². The molecule has 2 aliphatic rings. The van der Waals surface area contributed by atoms with E-state index in [1.165, 1.54) is 6.92 Å². The number of ether oxygens (including phenoxy) is 1. The van der Waals surface area contributed by atoms with Gasteiger partial charge in [-0.1, -0.05) is 30.7 Å². The first-order valence-corrected chi connectivity index (χ1v) is 15.4. The Labute approximate surface area is 216 Å². The van der Waals surface area contributed by atoms with Crippen LogP contribution in [0.2, 0.25) is 23.7 Å². The Hall–Kier alpha value is -2.30. The number of hydrogen-bond acceptors (Lipinski definition) is 5. The zero-order valence-electron chi connectivity index (χ0n) is 20.8. The molecular formula is C26H32ClFN2O5Si. The summed E-state index contributed by atoms with van der Waals surface area (Å²) in [5, 5.41) is 22.2. The van der Waals surface area contributed by atoms with E-state index < -0.39 is 43.6 Å². The summed E-state index contributed by atoms with van der Waals surface area (Å²) in [4.78, 5) is 27.7. The summed E-state index contributed by atoms with van der Waals surface area (Å²) in [5.74, 6) is -1.29. The Balaban J connectivity index is 1.74. The minimum absolute atomic E-state index is 0.167. The zero-order chi connectivity index (χ0) is 26.4. The third-order valence-electron chi connectivity index (χ3n) is 7.25. The van der Waals surface area contributed by atoms with E-state index in [9.17, 15) is 19.8 Å². The van der Waals surface area contributed by atoms with Crippen molar-refractivity contribution >= 4 is 43.2 Å². The summed E-state index contributed by atoms with van der Waals surface area (Å²) in [5.41, 5.74) is 0.596. The van der Waals surface area contributed by atoms with Crippen molar-refractivity contribution in [2.45, 2.75) is 63.3 Å². The fourth-order valence-electron chi connectivity index (χ4n) is 5.75. The first-order valence-electron chi connectivity index (χ1n) is 12.1. The quantitative estimate of drug-likeness (QED) is 0.362. The van der Waals surface area contributed by atoms with Gasteiger partial charge < -0.3 is 29.3 Å². The molecule has 0 bridgehead atoms. The van der Waals surface area contributed by atoms with Gasteiger partial charge in [0.15, 0.2) is 5.60 Å². The van der Waals surface area contributed by atoms with Crippen molar-refractivity contribution < 1.29 is 28.6 Å². The fourth-order valence-corrected chi connectivity index (χ4v) is 8.46. The van der Waals surface area contributed by atoms with Crippen LogP contribution in [0.15, 0.2) is 42.5 Å². The van der Waals surface area contributed by atoms with Gasteiger partial charge in [-0.25, -0.2) is 0 Å². The minimum atomic E-state index is -3.27. The van der Waals surface area contributed by atoms with E-state index in [1.807, 2.05) is 13.0 Å². The van der Waals surface area contributed by atoms with Crippen LogP contribution in [-0.2, 0) is 26.5 Å². The van der Waals surface area contributed by atoms with E-state index in [0.29, 0.717) is 22.0 Å². The van der Waals surface area contributed by atoms with Crippen LogP contribution < -0.4 is 10.2 Å². The van der Waals surface area contributed by atoms with Crippen molar-refractivity contribution in [3.8, 4) is 0 Å². The van der Waals surface area contributed by atoms with Crippen LogP contribution >= 0.6 is 11.6 Å². The maximum atomic E-state index is 15.6. The molecule has 0 radical (unpaired) electrons. The summed E-state index contributed by atoms with van der Waals surface area (Å²) in [7, 11) is -3.27. The molecule has 0 saturated carbocycles. The molecule has 0 aromatic heterocycles. The molecule has 10 heteroatoms. The number of rotatable bonds is 7. The highest BCUT2D eigenvalue weighted by Crippen LogP contribution is 2.60. The fraction of sp³-hybridized carbons (Fsp3) is 0.462. The second-order valence-corrected chi connectivity index (χ2v) is 14.4. The summed E-state index contributed by atoms with van der Waals surface area (Å²) < 4.78 is 22.0. The van der Waals surface area contributed by atoms with Gasteiger partial charge in [0, 0.05) is 34.3 Å². The molecular weight excluding hydrogens is 503 g/mol. The Morgan fingerprint density at radius 2 is 2.03 bits per heavy atom. The van der Waals surface area contributed by atoms with Gasteiger partial charge in [-0.15, -0.1) is 0 Å². The van der Waals surface area contributed by atoms with Gasteiger partial charge >= 0.3 is 0 Å². The van der Waals surface area contributed by atoms with Crippen molar-refractivity contribution in [3.05, 3.63) is 58.6 Å². The molecule has 4 rings (SSSR count). The highest BCUT2D eigenvalue weighted by molar-refractivity contribution is 6.72. The molecule has 1 spiro atoms. The number of nitrogens with one attached hydrogen (secondary N) is 1. The summed E-state index contributed by atoms with van der Waals surface area (Å²) in [6.07, 6.45) is -1.51. The van der Waals surface area contributed by atoms with Crippen molar-refractivity contribution in [2.75, 3.05) is 16.8 Å². The third kappa shape index (κ3) is 4.59. The Bertz CT molecular complexity index is 1170. The van der Waals surface area contributed by atoms with E-state index >= 15 is 4.11 Å². The molecule has 7 nitrogen and oxygen atoms in total. The number of benzene rings is 2. The summed E-state index contributed by atoms with van der Waals surface area (Å²) in [6.45, 7) is 6.49. The molecule has 0 unspecified atom stereocenters. The van der Waals surface area contributed by atoms with E-state index in [-0.39, 0.29) is 25.5 Å². The Morgan fingerprint density at radius 1 is 1.31 bits per heavy atom. The summed E-state index contributed by atoms with van der Waals surface area (Å²) in [6, 6.07) is 12.2. The number of anilines is 2. The number of halogens is 2. The van der Waals surface area contributed by atoms with Crippen LogP contribution in [0.5, 0.6) is 0 Å². The largest absolute Gasteiger partial charge is 0.396 e. The normalized spacial score (nSPS) is 26.4. The predicted octanol–water partition coefficient (Wildman–Crippen LogP) is 4.36. The lowest BCUT2D eigenvalue weighted by atomic mass is 9.82. The van der Waals surface area contributed by atoms with Gasteiger partial charge in [0.2, 0.25) is 8.41 Å². The van der Waals surface area contributed by atoms with Crippen LogP contribution in [0.25, 0.3) is 0 Å². The van der Waals surface area contributed by atoms with Crippen LogP contribution in [-0.4, -0.2) is 49.2 Å². The van der Waals surface area contributed by atoms with Gasteiger partial charge in [-0.2, -0.15) is 0 Å². The molecule has 194 valence electrons. The molecule has 2 heterocycles. The van der Waals surface area contributed by atoms with Crippen molar-refractivity contribution in [1.82, 2.24) is 0 Å². The van der Waals surface area contributed by atoms with E-state index in [1.54, 1.807) is 54.4 Å². The number of amides is 2. The first kappa shape index (κ1) is 26.8. The lowest BCUT2D eigenvalue weighted by Gasteiger charge is -2.31. The lowest BCUT2D eigenvalue weighted by molar-refractivity contribution is -0.146. The average Bonchev–Trinajstić information content (AvgIpc) is 3.21. The molecule has 1 saturated heterocycles. The van der Waals surface area contributed by atoms with Crippen molar-refractivity contribution in [2.24, 2.45) is 5.92 Å². The zero-order valence-corrected chi connectivity index (χ0v) is 22.6. The van der Waals surface area contributed by atoms with Gasteiger partial charge in [-0.05, 0) is 62.3 Å². The van der Waals surface area contributed by atoms with Crippen molar-refractivity contribution in [3.63, 3.8) is 0 Å². The molecule has 2 amide bonds. The topological polar surface area (TPSA) is 99.1 Å². The Morgan fingerprint density at radius 3 is 2.67 bits per heavy atom. The molecule has 1 fully saturated rings. The second kappa shape index (κ2) is 9.87. The smallest absolute Gasteiger partial charge is 0.264 e. The van der Waals surface area contributed by atoms with Gasteiger partial charge in [0.1, 0.15) is 6.10 Å². The maximum absolute atomic E-state index is 15.6. The number of carbonyl (C=O) groups excluding carboxylic acids is 2. The number of aliphatic hydroxyl groups excluding tert-OH is 2.